The lowest BCUT2D eigenvalue weighted by Crippen LogP contribution is -2.31. The number of amides is 1. The molecule has 1 heterocycles. The number of rotatable bonds is 4. The SMILES string of the molecule is CN(C)CCNC(=O)c1nccc2cc(N)ccc12. The van der Waals surface area contributed by atoms with Gasteiger partial charge in [-0.15, -0.1) is 0 Å². The molecule has 5 nitrogen and oxygen atoms in total. The van der Waals surface area contributed by atoms with E-state index in [0.717, 1.165) is 17.3 Å². The van der Waals surface area contributed by atoms with Crippen LogP contribution in [0.2, 0.25) is 0 Å². The standard InChI is InChI=1S/C14H18N4O/c1-18(2)8-7-17-14(19)13-12-4-3-11(15)9-10(12)5-6-16-13/h3-6,9H,7-8,15H2,1-2H3,(H,17,19). The van der Waals surface area contributed by atoms with Gasteiger partial charge in [0.2, 0.25) is 0 Å². The third kappa shape index (κ3) is 3.20. The van der Waals surface area contributed by atoms with Gasteiger partial charge in [0.05, 0.1) is 0 Å². The molecule has 0 saturated carbocycles. The number of pyridine rings is 1. The molecule has 0 fully saturated rings. The van der Waals surface area contributed by atoms with Gasteiger partial charge in [0.1, 0.15) is 5.69 Å². The van der Waals surface area contributed by atoms with E-state index in [9.17, 15) is 4.79 Å². The molecule has 0 atom stereocenters. The summed E-state index contributed by atoms with van der Waals surface area (Å²) in [5.74, 6) is -0.155. The summed E-state index contributed by atoms with van der Waals surface area (Å²) in [6.45, 7) is 1.39. The smallest absolute Gasteiger partial charge is 0.270 e. The minimum absolute atomic E-state index is 0.155. The van der Waals surface area contributed by atoms with Crippen LogP contribution in [0.25, 0.3) is 10.8 Å². The number of nitrogens with two attached hydrogens (primary N) is 1. The van der Waals surface area contributed by atoms with Crippen LogP contribution < -0.4 is 11.1 Å². The Morgan fingerprint density at radius 3 is 2.89 bits per heavy atom. The predicted molar refractivity (Wildman–Crippen MR) is 77.0 cm³/mol. The van der Waals surface area contributed by atoms with Gasteiger partial charge in [-0.1, -0.05) is 0 Å². The highest BCUT2D eigenvalue weighted by Crippen LogP contribution is 2.19. The van der Waals surface area contributed by atoms with E-state index in [1.54, 1.807) is 12.3 Å². The molecule has 0 aliphatic heterocycles. The number of carbonyl (C=O) groups excluding carboxylic acids is 1. The Balaban J connectivity index is 2.22. The molecule has 0 radical (unpaired) electrons. The van der Waals surface area contributed by atoms with E-state index in [2.05, 4.69) is 10.3 Å². The Kier molecular flexibility index (Phi) is 3.97. The van der Waals surface area contributed by atoms with Gasteiger partial charge in [-0.05, 0) is 43.7 Å². The number of hydrogen-bond acceptors (Lipinski definition) is 4. The number of benzene rings is 1. The summed E-state index contributed by atoms with van der Waals surface area (Å²) < 4.78 is 0. The average Bonchev–Trinajstić information content (AvgIpc) is 2.37. The largest absolute Gasteiger partial charge is 0.399 e. The quantitative estimate of drug-likeness (QED) is 0.806. The second-order valence-electron chi connectivity index (χ2n) is 4.70. The van der Waals surface area contributed by atoms with Gasteiger partial charge in [-0.3, -0.25) is 9.78 Å². The molecule has 2 rings (SSSR count). The molecule has 1 aromatic carbocycles. The highest BCUT2D eigenvalue weighted by Gasteiger charge is 2.11. The molecule has 0 bridgehead atoms. The zero-order valence-corrected chi connectivity index (χ0v) is 11.2. The number of carbonyl (C=O) groups is 1. The van der Waals surface area contributed by atoms with Gasteiger partial charge in [0, 0.05) is 30.4 Å². The molecule has 3 N–H and O–H groups in total. The van der Waals surface area contributed by atoms with Crippen molar-refractivity contribution in [2.24, 2.45) is 0 Å². The van der Waals surface area contributed by atoms with Crippen molar-refractivity contribution in [3.63, 3.8) is 0 Å². The molecule has 100 valence electrons. The van der Waals surface area contributed by atoms with Crippen molar-refractivity contribution >= 4 is 22.4 Å². The molecule has 0 spiro atoms. The lowest BCUT2D eigenvalue weighted by molar-refractivity contribution is 0.0948. The predicted octanol–water partition coefficient (Wildman–Crippen LogP) is 1.11. The molecule has 0 unspecified atom stereocenters. The normalized spacial score (nSPS) is 10.9. The first-order valence-corrected chi connectivity index (χ1v) is 6.15. The van der Waals surface area contributed by atoms with Crippen molar-refractivity contribution in [2.45, 2.75) is 0 Å². The first-order chi connectivity index (χ1) is 9.08. The maximum atomic E-state index is 12.1. The van der Waals surface area contributed by atoms with E-state index in [1.807, 2.05) is 37.2 Å². The Bertz CT molecular complexity index is 595. The molecular weight excluding hydrogens is 240 g/mol. The number of nitrogen functional groups attached to an aromatic ring is 1. The fraction of sp³-hybridized carbons (Fsp3) is 0.286. The van der Waals surface area contributed by atoms with Gasteiger partial charge in [-0.25, -0.2) is 0 Å². The summed E-state index contributed by atoms with van der Waals surface area (Å²) in [7, 11) is 3.93. The Morgan fingerprint density at radius 2 is 2.16 bits per heavy atom. The van der Waals surface area contributed by atoms with Crippen LogP contribution in [0.3, 0.4) is 0 Å². The molecule has 0 aliphatic rings. The summed E-state index contributed by atoms with van der Waals surface area (Å²) in [5, 5.41) is 4.61. The summed E-state index contributed by atoms with van der Waals surface area (Å²) >= 11 is 0. The summed E-state index contributed by atoms with van der Waals surface area (Å²) in [4.78, 5) is 18.3. The van der Waals surface area contributed by atoms with Crippen molar-refractivity contribution in [3.8, 4) is 0 Å². The van der Waals surface area contributed by atoms with Crippen LogP contribution in [0.15, 0.2) is 30.5 Å². The van der Waals surface area contributed by atoms with E-state index >= 15 is 0 Å². The van der Waals surface area contributed by atoms with E-state index in [-0.39, 0.29) is 5.91 Å². The molecule has 0 aliphatic carbocycles. The van der Waals surface area contributed by atoms with Crippen LogP contribution in [0.4, 0.5) is 5.69 Å². The first kappa shape index (κ1) is 13.3. The highest BCUT2D eigenvalue weighted by molar-refractivity contribution is 6.05. The van der Waals surface area contributed by atoms with Crippen LogP contribution in [0.5, 0.6) is 0 Å². The fourth-order valence-electron chi connectivity index (χ4n) is 1.85. The zero-order valence-electron chi connectivity index (χ0n) is 11.2. The van der Waals surface area contributed by atoms with Crippen LogP contribution in [0.1, 0.15) is 10.5 Å². The van der Waals surface area contributed by atoms with Crippen LogP contribution in [0, 0.1) is 0 Å². The number of hydrogen-bond donors (Lipinski definition) is 2. The van der Waals surface area contributed by atoms with Crippen molar-refractivity contribution < 1.29 is 4.79 Å². The molecule has 1 aromatic heterocycles. The molecule has 5 heteroatoms. The summed E-state index contributed by atoms with van der Waals surface area (Å²) in [6.07, 6.45) is 1.63. The molecule has 2 aromatic rings. The Morgan fingerprint density at radius 1 is 1.37 bits per heavy atom. The van der Waals surface area contributed by atoms with Gasteiger partial charge in [0.25, 0.3) is 5.91 Å². The number of likely N-dealkylation sites (N-methyl/N-ethyl adjacent to an activating group) is 1. The van der Waals surface area contributed by atoms with Gasteiger partial charge >= 0.3 is 0 Å². The highest BCUT2D eigenvalue weighted by atomic mass is 16.1. The lowest BCUT2D eigenvalue weighted by Gasteiger charge is -2.11. The van der Waals surface area contributed by atoms with E-state index in [1.165, 1.54) is 0 Å². The monoisotopic (exact) mass is 258 g/mol. The minimum Gasteiger partial charge on any atom is -0.399 e. The lowest BCUT2D eigenvalue weighted by atomic mass is 10.1. The molecule has 19 heavy (non-hydrogen) atoms. The summed E-state index contributed by atoms with van der Waals surface area (Å²) in [5.41, 5.74) is 6.86. The third-order valence-electron chi connectivity index (χ3n) is 2.85. The van der Waals surface area contributed by atoms with Gasteiger partial charge < -0.3 is 16.0 Å². The number of nitrogens with one attached hydrogen (secondary N) is 1. The Labute approximate surface area is 112 Å². The maximum absolute atomic E-state index is 12.1. The second-order valence-corrected chi connectivity index (χ2v) is 4.70. The topological polar surface area (TPSA) is 71.2 Å². The minimum atomic E-state index is -0.155. The van der Waals surface area contributed by atoms with Crippen molar-refractivity contribution in [1.82, 2.24) is 15.2 Å². The van der Waals surface area contributed by atoms with Crippen LogP contribution in [-0.2, 0) is 0 Å². The van der Waals surface area contributed by atoms with Crippen molar-refractivity contribution in [2.75, 3.05) is 32.9 Å². The first-order valence-electron chi connectivity index (χ1n) is 6.15. The fourth-order valence-corrected chi connectivity index (χ4v) is 1.85. The molecular formula is C14H18N4O. The second kappa shape index (κ2) is 5.67. The van der Waals surface area contributed by atoms with E-state index in [0.29, 0.717) is 17.9 Å². The van der Waals surface area contributed by atoms with Gasteiger partial charge in [-0.2, -0.15) is 0 Å². The van der Waals surface area contributed by atoms with Crippen molar-refractivity contribution in [3.05, 3.63) is 36.2 Å². The van der Waals surface area contributed by atoms with E-state index in [4.69, 9.17) is 5.73 Å². The van der Waals surface area contributed by atoms with Crippen LogP contribution in [-0.4, -0.2) is 43.0 Å². The maximum Gasteiger partial charge on any atom is 0.270 e. The number of fused-ring (bicyclic) bond motifs is 1. The van der Waals surface area contributed by atoms with Gasteiger partial charge in [0.15, 0.2) is 0 Å². The molecule has 0 saturated heterocycles. The Hall–Kier alpha value is -2.14. The average molecular weight is 258 g/mol. The van der Waals surface area contributed by atoms with E-state index < -0.39 is 0 Å². The number of nitrogens with zero attached hydrogens (tertiary/aromatic N) is 2. The zero-order chi connectivity index (χ0) is 13.8. The van der Waals surface area contributed by atoms with Crippen molar-refractivity contribution in [1.29, 1.82) is 0 Å². The molecule has 1 amide bonds. The van der Waals surface area contributed by atoms with Crippen LogP contribution >= 0.6 is 0 Å². The number of anilines is 1. The third-order valence-corrected chi connectivity index (χ3v) is 2.85. The summed E-state index contributed by atoms with van der Waals surface area (Å²) in [6, 6.07) is 7.30. The number of aromatic nitrogens is 1.